The van der Waals surface area contributed by atoms with Gasteiger partial charge in [0.25, 0.3) is 0 Å². The van der Waals surface area contributed by atoms with Crippen LogP contribution in [0.2, 0.25) is 0 Å². The Bertz CT molecular complexity index is 874. The highest BCUT2D eigenvalue weighted by molar-refractivity contribution is 7.99. The van der Waals surface area contributed by atoms with Crippen molar-refractivity contribution in [2.45, 2.75) is 38.4 Å². The Kier molecular flexibility index (Phi) is 5.78. The number of amides is 1. The molecule has 1 unspecified atom stereocenters. The Labute approximate surface area is 157 Å². The van der Waals surface area contributed by atoms with Gasteiger partial charge in [-0.1, -0.05) is 30.8 Å². The minimum atomic E-state index is -0.0114. The summed E-state index contributed by atoms with van der Waals surface area (Å²) in [5.74, 6) is 1.52. The number of nitrogens with zero attached hydrogens (tertiary/aromatic N) is 3. The Hall–Kier alpha value is -2.54. The van der Waals surface area contributed by atoms with Crippen molar-refractivity contribution in [1.82, 2.24) is 20.1 Å². The smallest absolute Gasteiger partial charge is 0.230 e. The molecule has 0 saturated carbocycles. The number of carbonyl (C=O) groups excluding carboxylic acids is 1. The van der Waals surface area contributed by atoms with E-state index in [-0.39, 0.29) is 17.7 Å². The van der Waals surface area contributed by atoms with Crippen LogP contribution in [0, 0.1) is 6.92 Å². The van der Waals surface area contributed by atoms with Gasteiger partial charge in [0.1, 0.15) is 0 Å². The lowest BCUT2D eigenvalue weighted by molar-refractivity contribution is -0.119. The van der Waals surface area contributed by atoms with Gasteiger partial charge in [-0.15, -0.1) is 10.2 Å². The van der Waals surface area contributed by atoms with Gasteiger partial charge in [-0.3, -0.25) is 9.36 Å². The zero-order chi connectivity index (χ0) is 18.5. The lowest BCUT2D eigenvalue weighted by Gasteiger charge is -2.12. The van der Waals surface area contributed by atoms with Crippen LogP contribution < -0.4 is 5.32 Å². The molecular formula is C19H22N4O2S. The predicted octanol–water partition coefficient (Wildman–Crippen LogP) is 3.84. The molecule has 1 atom stereocenters. The molecule has 2 heterocycles. The van der Waals surface area contributed by atoms with Gasteiger partial charge in [0.05, 0.1) is 17.7 Å². The third-order valence-electron chi connectivity index (χ3n) is 3.99. The molecule has 26 heavy (non-hydrogen) atoms. The average Bonchev–Trinajstić information content (AvgIpc) is 3.29. The van der Waals surface area contributed by atoms with Crippen molar-refractivity contribution in [2.24, 2.45) is 0 Å². The summed E-state index contributed by atoms with van der Waals surface area (Å²) in [6.07, 6.45) is 2.51. The fourth-order valence-electron chi connectivity index (χ4n) is 2.48. The third-order valence-corrected chi connectivity index (χ3v) is 4.92. The van der Waals surface area contributed by atoms with Gasteiger partial charge in [0.15, 0.2) is 10.9 Å². The number of nitrogens with one attached hydrogen (secondary N) is 1. The van der Waals surface area contributed by atoms with Crippen molar-refractivity contribution in [2.75, 3.05) is 5.75 Å². The molecule has 0 spiro atoms. The molecule has 3 rings (SSSR count). The molecular weight excluding hydrogens is 348 g/mol. The zero-order valence-electron chi connectivity index (χ0n) is 15.1. The second-order valence-corrected chi connectivity index (χ2v) is 7.07. The number of thioether (sulfide) groups is 1. The van der Waals surface area contributed by atoms with E-state index in [1.165, 1.54) is 11.8 Å². The number of carbonyl (C=O) groups is 1. The van der Waals surface area contributed by atoms with Gasteiger partial charge in [0, 0.05) is 6.04 Å². The van der Waals surface area contributed by atoms with Crippen LogP contribution in [0.5, 0.6) is 0 Å². The van der Waals surface area contributed by atoms with Crippen LogP contribution in [0.4, 0.5) is 0 Å². The molecule has 2 aromatic heterocycles. The minimum absolute atomic E-state index is 0.0114. The van der Waals surface area contributed by atoms with E-state index in [4.69, 9.17) is 4.42 Å². The normalized spacial score (nSPS) is 12.1. The maximum atomic E-state index is 12.1. The SMILES string of the molecule is CCC(C)NC(=O)CSc1nnc(-c2ccco2)n1-c1cccc(C)c1. The number of benzene rings is 1. The Morgan fingerprint density at radius 1 is 1.31 bits per heavy atom. The summed E-state index contributed by atoms with van der Waals surface area (Å²) in [4.78, 5) is 12.1. The number of hydrogen-bond donors (Lipinski definition) is 1. The van der Waals surface area contributed by atoms with E-state index in [0.29, 0.717) is 16.7 Å². The average molecular weight is 370 g/mol. The van der Waals surface area contributed by atoms with E-state index in [1.54, 1.807) is 6.26 Å². The molecule has 0 saturated heterocycles. The van der Waals surface area contributed by atoms with Crippen molar-refractivity contribution in [1.29, 1.82) is 0 Å². The van der Waals surface area contributed by atoms with E-state index in [0.717, 1.165) is 17.7 Å². The molecule has 0 aliphatic carbocycles. The first-order chi connectivity index (χ1) is 12.6. The van der Waals surface area contributed by atoms with Gasteiger partial charge < -0.3 is 9.73 Å². The molecule has 7 heteroatoms. The lowest BCUT2D eigenvalue weighted by atomic mass is 10.2. The lowest BCUT2D eigenvalue weighted by Crippen LogP contribution is -2.33. The molecule has 136 valence electrons. The number of hydrogen-bond acceptors (Lipinski definition) is 5. The van der Waals surface area contributed by atoms with Gasteiger partial charge in [-0.2, -0.15) is 0 Å². The maximum Gasteiger partial charge on any atom is 0.230 e. The largest absolute Gasteiger partial charge is 0.461 e. The fraction of sp³-hybridized carbons (Fsp3) is 0.316. The molecule has 0 aliphatic heterocycles. The second kappa shape index (κ2) is 8.23. The first-order valence-corrected chi connectivity index (χ1v) is 9.55. The molecule has 1 N–H and O–H groups in total. The van der Waals surface area contributed by atoms with Crippen LogP contribution in [0.3, 0.4) is 0 Å². The summed E-state index contributed by atoms with van der Waals surface area (Å²) in [7, 11) is 0. The third kappa shape index (κ3) is 4.16. The second-order valence-electron chi connectivity index (χ2n) is 6.12. The number of aryl methyl sites for hydroxylation is 1. The van der Waals surface area contributed by atoms with Crippen molar-refractivity contribution in [3.63, 3.8) is 0 Å². The molecule has 1 amide bonds. The van der Waals surface area contributed by atoms with Crippen molar-refractivity contribution < 1.29 is 9.21 Å². The van der Waals surface area contributed by atoms with Crippen LogP contribution in [-0.4, -0.2) is 32.5 Å². The fourth-order valence-corrected chi connectivity index (χ4v) is 3.24. The van der Waals surface area contributed by atoms with E-state index in [9.17, 15) is 4.79 Å². The summed E-state index contributed by atoms with van der Waals surface area (Å²) in [6, 6.07) is 11.9. The molecule has 0 fully saturated rings. The van der Waals surface area contributed by atoms with Crippen LogP contribution in [0.25, 0.3) is 17.3 Å². The van der Waals surface area contributed by atoms with Gasteiger partial charge in [0.2, 0.25) is 11.7 Å². The summed E-state index contributed by atoms with van der Waals surface area (Å²) in [5.41, 5.74) is 2.07. The molecule has 3 aromatic rings. The Morgan fingerprint density at radius 2 is 2.15 bits per heavy atom. The van der Waals surface area contributed by atoms with Crippen molar-refractivity contribution in [3.8, 4) is 17.3 Å². The number of rotatable bonds is 7. The summed E-state index contributed by atoms with van der Waals surface area (Å²) >= 11 is 1.36. The quantitative estimate of drug-likeness (QED) is 0.640. The van der Waals surface area contributed by atoms with E-state index in [2.05, 4.69) is 21.6 Å². The molecule has 0 aliphatic rings. The highest BCUT2D eigenvalue weighted by Crippen LogP contribution is 2.28. The maximum absolute atomic E-state index is 12.1. The van der Waals surface area contributed by atoms with E-state index in [1.807, 2.05) is 55.7 Å². The molecule has 1 aromatic carbocycles. The van der Waals surface area contributed by atoms with E-state index < -0.39 is 0 Å². The minimum Gasteiger partial charge on any atom is -0.461 e. The van der Waals surface area contributed by atoms with Gasteiger partial charge in [-0.25, -0.2) is 0 Å². The van der Waals surface area contributed by atoms with E-state index >= 15 is 0 Å². The first-order valence-electron chi connectivity index (χ1n) is 8.57. The molecule has 0 radical (unpaired) electrons. The first kappa shape index (κ1) is 18.3. The van der Waals surface area contributed by atoms with Gasteiger partial charge >= 0.3 is 0 Å². The highest BCUT2D eigenvalue weighted by atomic mass is 32.2. The van der Waals surface area contributed by atoms with Gasteiger partial charge in [-0.05, 0) is 50.1 Å². The monoisotopic (exact) mass is 370 g/mol. The van der Waals surface area contributed by atoms with Crippen LogP contribution >= 0.6 is 11.8 Å². The Balaban J connectivity index is 1.89. The summed E-state index contributed by atoms with van der Waals surface area (Å²) in [6.45, 7) is 6.07. The predicted molar refractivity (Wildman–Crippen MR) is 102 cm³/mol. The van der Waals surface area contributed by atoms with Crippen LogP contribution in [-0.2, 0) is 4.79 Å². The standard InChI is InChI=1S/C19H22N4O2S/c1-4-14(3)20-17(24)12-26-19-22-21-18(16-9-6-10-25-16)23(19)15-8-5-7-13(2)11-15/h5-11,14H,4,12H2,1-3H3,(H,20,24). The summed E-state index contributed by atoms with van der Waals surface area (Å²) < 4.78 is 7.43. The van der Waals surface area contributed by atoms with Crippen LogP contribution in [0.1, 0.15) is 25.8 Å². The zero-order valence-corrected chi connectivity index (χ0v) is 15.9. The van der Waals surface area contributed by atoms with Crippen molar-refractivity contribution >= 4 is 17.7 Å². The molecule has 6 nitrogen and oxygen atoms in total. The topological polar surface area (TPSA) is 73.0 Å². The Morgan fingerprint density at radius 3 is 2.85 bits per heavy atom. The highest BCUT2D eigenvalue weighted by Gasteiger charge is 2.19. The summed E-state index contributed by atoms with van der Waals surface area (Å²) in [5, 5.41) is 12.2. The molecule has 0 bridgehead atoms. The number of aromatic nitrogens is 3. The van der Waals surface area contributed by atoms with Crippen LogP contribution in [0.15, 0.2) is 52.2 Å². The number of furan rings is 1. The van der Waals surface area contributed by atoms with Crippen molar-refractivity contribution in [3.05, 3.63) is 48.2 Å².